The van der Waals surface area contributed by atoms with Crippen LogP contribution >= 0.6 is 20.2 Å². The molecule has 6 nitrogen and oxygen atoms in total. The molecule has 1 rings (SSSR count). The minimum atomic E-state index is -2.51. The molecule has 0 aliphatic heterocycles. The third-order valence-corrected chi connectivity index (χ3v) is 9.90. The number of carbonyl (C=O) groups is 1. The van der Waals surface area contributed by atoms with Crippen molar-refractivity contribution in [2.24, 2.45) is 0 Å². The van der Waals surface area contributed by atoms with Gasteiger partial charge in [-0.05, 0) is 37.5 Å². The third-order valence-electron chi connectivity index (χ3n) is 7.77. The molecule has 8 heteroatoms. The SMILES string of the molecule is CCCCCCCCCCCCSC(CCCCCCCC)C(C)OCCCOC(O)(P=O)C(=O)OCc1ccccc1. The van der Waals surface area contributed by atoms with Gasteiger partial charge in [-0.3, -0.25) is 4.57 Å². The minimum absolute atomic E-state index is 0.0295. The van der Waals surface area contributed by atoms with E-state index in [9.17, 15) is 14.5 Å². The Morgan fingerprint density at radius 3 is 1.95 bits per heavy atom. The highest BCUT2D eigenvalue weighted by Crippen LogP contribution is 2.27. The second-order valence-electron chi connectivity index (χ2n) is 11.7. The highest BCUT2D eigenvalue weighted by molar-refractivity contribution is 7.99. The molecule has 1 N–H and O–H groups in total. The number of thioether (sulfide) groups is 1. The van der Waals surface area contributed by atoms with E-state index in [1.807, 2.05) is 18.2 Å². The van der Waals surface area contributed by atoms with Gasteiger partial charge in [-0.15, -0.1) is 0 Å². The first-order valence-electron chi connectivity index (χ1n) is 17.1. The molecule has 0 saturated heterocycles. The molecule has 3 atom stereocenters. The summed E-state index contributed by atoms with van der Waals surface area (Å²) < 4.78 is 28.2. The second-order valence-corrected chi connectivity index (χ2v) is 13.8. The van der Waals surface area contributed by atoms with Gasteiger partial charge in [0.2, 0.25) is 8.46 Å². The first-order valence-corrected chi connectivity index (χ1v) is 19.0. The molecule has 3 unspecified atom stereocenters. The molecule has 1 aromatic carbocycles. The lowest BCUT2D eigenvalue weighted by Crippen LogP contribution is -2.37. The number of benzene rings is 1. The first kappa shape index (κ1) is 40.0. The maximum absolute atomic E-state index is 12.3. The van der Waals surface area contributed by atoms with Crippen LogP contribution in [0.15, 0.2) is 30.3 Å². The Balaban J connectivity index is 2.35. The van der Waals surface area contributed by atoms with E-state index in [-0.39, 0.29) is 19.3 Å². The number of carbonyl (C=O) groups excluding carboxylic acids is 1. The summed E-state index contributed by atoms with van der Waals surface area (Å²) >= 11 is 2.05. The van der Waals surface area contributed by atoms with Crippen molar-refractivity contribution in [2.75, 3.05) is 19.0 Å². The number of hydrogen-bond acceptors (Lipinski definition) is 7. The summed E-state index contributed by atoms with van der Waals surface area (Å²) in [6.07, 6.45) is 23.0. The standard InChI is InChI=1S/C35H61O6PS/c1-4-6-8-10-12-13-14-15-17-22-29-43-33(26-21-16-11-9-7-5-2)31(3)39-27-23-28-41-35(37,42-38)34(36)40-30-32-24-19-18-20-25-32/h18-20,24-25,31,33,37H,4-17,21-23,26-30H2,1-3H3. The van der Waals surface area contributed by atoms with E-state index in [2.05, 4.69) is 32.5 Å². The number of esters is 1. The Labute approximate surface area is 269 Å². The predicted octanol–water partition coefficient (Wildman–Crippen LogP) is 10.3. The highest BCUT2D eigenvalue weighted by Gasteiger charge is 2.41. The van der Waals surface area contributed by atoms with Crippen molar-refractivity contribution in [1.29, 1.82) is 0 Å². The summed E-state index contributed by atoms with van der Waals surface area (Å²) in [6.45, 7) is 7.13. The molecule has 248 valence electrons. The fourth-order valence-electron chi connectivity index (χ4n) is 4.99. The summed E-state index contributed by atoms with van der Waals surface area (Å²) in [5, 5.41) is 10.9. The molecule has 1 aromatic rings. The Kier molecular flexibility index (Phi) is 25.5. The molecule has 0 fully saturated rings. The van der Waals surface area contributed by atoms with Gasteiger partial charge in [0.25, 0.3) is 0 Å². The monoisotopic (exact) mass is 640 g/mol. The van der Waals surface area contributed by atoms with E-state index in [4.69, 9.17) is 14.2 Å². The van der Waals surface area contributed by atoms with Crippen molar-refractivity contribution in [1.82, 2.24) is 0 Å². The van der Waals surface area contributed by atoms with E-state index >= 15 is 0 Å². The van der Waals surface area contributed by atoms with Gasteiger partial charge < -0.3 is 19.3 Å². The van der Waals surface area contributed by atoms with Gasteiger partial charge >= 0.3 is 11.5 Å². The molecule has 0 saturated carbocycles. The zero-order valence-electron chi connectivity index (χ0n) is 27.4. The number of hydrogen-bond donors (Lipinski definition) is 1. The summed E-state index contributed by atoms with van der Waals surface area (Å²) in [5.74, 6) is 0.110. The van der Waals surface area contributed by atoms with Crippen molar-refractivity contribution in [3.05, 3.63) is 35.9 Å². The van der Waals surface area contributed by atoms with E-state index in [0.717, 1.165) is 12.0 Å². The zero-order valence-corrected chi connectivity index (χ0v) is 29.2. The van der Waals surface area contributed by atoms with Crippen molar-refractivity contribution >= 4 is 26.2 Å². The third kappa shape index (κ3) is 20.6. The van der Waals surface area contributed by atoms with Gasteiger partial charge in [0.1, 0.15) is 6.61 Å². The van der Waals surface area contributed by atoms with Crippen molar-refractivity contribution in [2.45, 2.75) is 160 Å². The first-order chi connectivity index (χ1) is 21.0. The Bertz CT molecular complexity index is 798. The van der Waals surface area contributed by atoms with Crippen LogP contribution in [-0.2, 0) is 30.2 Å². The molecule has 0 heterocycles. The summed E-state index contributed by atoms with van der Waals surface area (Å²) in [7, 11) is -0.849. The van der Waals surface area contributed by atoms with Gasteiger partial charge in [0.15, 0.2) is 0 Å². The lowest BCUT2D eigenvalue weighted by molar-refractivity contribution is -0.197. The highest BCUT2D eigenvalue weighted by atomic mass is 32.2. The van der Waals surface area contributed by atoms with Gasteiger partial charge in [0, 0.05) is 11.9 Å². The second kappa shape index (κ2) is 27.3. The van der Waals surface area contributed by atoms with E-state index < -0.39 is 20.0 Å². The summed E-state index contributed by atoms with van der Waals surface area (Å²) in [6, 6.07) is 9.12. The topological polar surface area (TPSA) is 82.1 Å². The molecular formula is C35H61O6PS. The average molecular weight is 641 g/mol. The van der Waals surface area contributed by atoms with Crippen LogP contribution in [0.3, 0.4) is 0 Å². The van der Waals surface area contributed by atoms with Crippen LogP contribution in [-0.4, -0.2) is 46.9 Å². The molecule has 0 aromatic heterocycles. The Morgan fingerprint density at radius 2 is 1.37 bits per heavy atom. The fraction of sp³-hybridized carbons (Fsp3) is 0.800. The molecule has 43 heavy (non-hydrogen) atoms. The van der Waals surface area contributed by atoms with Crippen LogP contribution in [0.1, 0.15) is 142 Å². The summed E-state index contributed by atoms with van der Waals surface area (Å²) in [4.78, 5) is 12.3. The number of aliphatic hydroxyl groups is 1. The molecule has 0 bridgehead atoms. The summed E-state index contributed by atoms with van der Waals surface area (Å²) in [5.41, 5.74) is -1.74. The number of unbranched alkanes of at least 4 members (excludes halogenated alkanes) is 14. The molecule has 0 amide bonds. The quantitative estimate of drug-likeness (QED) is 0.0388. The Morgan fingerprint density at radius 1 is 0.814 bits per heavy atom. The minimum Gasteiger partial charge on any atom is -0.456 e. The van der Waals surface area contributed by atoms with Crippen molar-refractivity contribution in [3.63, 3.8) is 0 Å². The van der Waals surface area contributed by atoms with Crippen LogP contribution in [0.4, 0.5) is 0 Å². The predicted molar refractivity (Wildman–Crippen MR) is 181 cm³/mol. The molecule has 0 aliphatic carbocycles. The van der Waals surface area contributed by atoms with Gasteiger partial charge in [-0.1, -0.05) is 140 Å². The zero-order chi connectivity index (χ0) is 31.4. The maximum atomic E-state index is 12.3. The van der Waals surface area contributed by atoms with Gasteiger partial charge in [-0.25, -0.2) is 4.79 Å². The van der Waals surface area contributed by atoms with Crippen molar-refractivity contribution < 1.29 is 28.7 Å². The molecule has 0 radical (unpaired) electrons. The fourth-order valence-corrected chi connectivity index (χ4v) is 6.63. The van der Waals surface area contributed by atoms with Gasteiger partial charge in [-0.2, -0.15) is 11.8 Å². The van der Waals surface area contributed by atoms with Crippen molar-refractivity contribution in [3.8, 4) is 0 Å². The normalized spacial score (nSPS) is 14.4. The van der Waals surface area contributed by atoms with E-state index in [1.54, 1.807) is 12.1 Å². The molecular weight excluding hydrogens is 579 g/mol. The van der Waals surface area contributed by atoms with E-state index in [1.165, 1.54) is 108 Å². The van der Waals surface area contributed by atoms with Crippen LogP contribution in [0.2, 0.25) is 0 Å². The average Bonchev–Trinajstić information content (AvgIpc) is 3.03. The number of ether oxygens (including phenoxy) is 3. The van der Waals surface area contributed by atoms with Crippen LogP contribution in [0.5, 0.6) is 0 Å². The molecule has 0 aliphatic rings. The van der Waals surface area contributed by atoms with Gasteiger partial charge in [0.05, 0.1) is 12.7 Å². The van der Waals surface area contributed by atoms with Crippen LogP contribution in [0.25, 0.3) is 0 Å². The Hall–Kier alpha value is -0.980. The van der Waals surface area contributed by atoms with Crippen LogP contribution < -0.4 is 0 Å². The maximum Gasteiger partial charge on any atom is 0.380 e. The lowest BCUT2D eigenvalue weighted by atomic mass is 10.1. The smallest absolute Gasteiger partial charge is 0.380 e. The van der Waals surface area contributed by atoms with Crippen LogP contribution in [0, 0.1) is 0 Å². The molecule has 0 spiro atoms. The largest absolute Gasteiger partial charge is 0.456 e. The number of rotatable bonds is 30. The van der Waals surface area contributed by atoms with E-state index in [0.29, 0.717) is 18.3 Å². The lowest BCUT2D eigenvalue weighted by Gasteiger charge is -2.24.